The molecule has 0 radical (unpaired) electrons. The van der Waals surface area contributed by atoms with Crippen LogP contribution >= 0.6 is 11.8 Å². The highest BCUT2D eigenvalue weighted by molar-refractivity contribution is 7.98. The van der Waals surface area contributed by atoms with Gasteiger partial charge < -0.3 is 10.2 Å². The van der Waals surface area contributed by atoms with E-state index < -0.39 is 0 Å². The Morgan fingerprint density at radius 1 is 1.30 bits per heavy atom. The standard InChI is InChI=1S/C17H24O2S.C3H6/c1-12-5-3-7-14(9-12)17-15(18)10-13(11-16(17)19)6-4-8-20-2;1-3-2/h9-11,14,18-19H,3-8H2,1-2H3;3H,1H2,2H3. The van der Waals surface area contributed by atoms with Crippen LogP contribution in [0.25, 0.3) is 0 Å². The summed E-state index contributed by atoms with van der Waals surface area (Å²) in [6.07, 6.45) is 11.3. The van der Waals surface area contributed by atoms with Gasteiger partial charge in [-0.05, 0) is 75.7 Å². The molecule has 2 rings (SSSR count). The Labute approximate surface area is 145 Å². The van der Waals surface area contributed by atoms with Gasteiger partial charge in [-0.25, -0.2) is 0 Å². The molecule has 0 bridgehead atoms. The van der Waals surface area contributed by atoms with Crippen molar-refractivity contribution < 1.29 is 10.2 Å². The van der Waals surface area contributed by atoms with Gasteiger partial charge in [0.2, 0.25) is 0 Å². The molecule has 3 heteroatoms. The van der Waals surface area contributed by atoms with E-state index in [2.05, 4.69) is 25.8 Å². The maximum absolute atomic E-state index is 10.3. The molecule has 0 saturated carbocycles. The Bertz CT molecular complexity index is 511. The predicted molar refractivity (Wildman–Crippen MR) is 103 cm³/mol. The van der Waals surface area contributed by atoms with E-state index >= 15 is 0 Å². The predicted octanol–water partition coefficient (Wildman–Crippen LogP) is 5.80. The molecule has 0 aromatic heterocycles. The lowest BCUT2D eigenvalue weighted by atomic mass is 9.84. The number of rotatable bonds is 5. The van der Waals surface area contributed by atoms with Crippen molar-refractivity contribution in [1.29, 1.82) is 0 Å². The lowest BCUT2D eigenvalue weighted by Gasteiger charge is -2.22. The highest BCUT2D eigenvalue weighted by Crippen LogP contribution is 2.41. The highest BCUT2D eigenvalue weighted by atomic mass is 32.2. The first-order valence-corrected chi connectivity index (χ1v) is 9.70. The van der Waals surface area contributed by atoms with Gasteiger partial charge in [0.25, 0.3) is 0 Å². The van der Waals surface area contributed by atoms with E-state index in [0.29, 0.717) is 5.56 Å². The second kappa shape index (κ2) is 10.4. The number of hydrogen-bond donors (Lipinski definition) is 2. The molecule has 1 aromatic carbocycles. The molecule has 0 amide bonds. The molecule has 2 nitrogen and oxygen atoms in total. The summed E-state index contributed by atoms with van der Waals surface area (Å²) in [5.41, 5.74) is 3.08. The normalized spacial score (nSPS) is 17.0. The van der Waals surface area contributed by atoms with Crippen LogP contribution in [0.3, 0.4) is 0 Å². The summed E-state index contributed by atoms with van der Waals surface area (Å²) in [7, 11) is 0. The molecule has 2 N–H and O–H groups in total. The number of phenols is 2. The highest BCUT2D eigenvalue weighted by Gasteiger charge is 2.21. The average molecular weight is 335 g/mol. The van der Waals surface area contributed by atoms with Crippen molar-refractivity contribution in [2.75, 3.05) is 12.0 Å². The van der Waals surface area contributed by atoms with Gasteiger partial charge in [-0.2, -0.15) is 11.8 Å². The van der Waals surface area contributed by atoms with E-state index in [1.807, 2.05) is 30.8 Å². The minimum Gasteiger partial charge on any atom is -0.507 e. The Morgan fingerprint density at radius 3 is 2.43 bits per heavy atom. The van der Waals surface area contributed by atoms with Gasteiger partial charge in [0.1, 0.15) is 11.5 Å². The zero-order valence-electron chi connectivity index (χ0n) is 14.6. The number of aryl methyl sites for hydroxylation is 1. The molecule has 1 unspecified atom stereocenters. The van der Waals surface area contributed by atoms with Gasteiger partial charge in [-0.15, -0.1) is 6.58 Å². The first kappa shape index (κ1) is 19.7. The number of allylic oxidation sites excluding steroid dienone is 3. The third-order valence-electron chi connectivity index (χ3n) is 3.95. The molecule has 0 saturated heterocycles. The van der Waals surface area contributed by atoms with Gasteiger partial charge >= 0.3 is 0 Å². The van der Waals surface area contributed by atoms with Crippen LogP contribution in [0.5, 0.6) is 11.5 Å². The van der Waals surface area contributed by atoms with E-state index in [9.17, 15) is 10.2 Å². The molecule has 128 valence electrons. The zero-order valence-corrected chi connectivity index (χ0v) is 15.5. The van der Waals surface area contributed by atoms with Crippen molar-refractivity contribution in [3.63, 3.8) is 0 Å². The molecular weight excluding hydrogens is 304 g/mol. The van der Waals surface area contributed by atoms with Crippen LogP contribution in [-0.2, 0) is 6.42 Å². The Balaban J connectivity index is 0.000000816. The maximum atomic E-state index is 10.3. The van der Waals surface area contributed by atoms with Crippen molar-refractivity contribution in [2.45, 2.75) is 51.9 Å². The molecule has 0 heterocycles. The maximum Gasteiger partial charge on any atom is 0.123 e. The fourth-order valence-electron chi connectivity index (χ4n) is 2.96. The second-order valence-electron chi connectivity index (χ2n) is 6.06. The molecule has 0 spiro atoms. The smallest absolute Gasteiger partial charge is 0.123 e. The molecule has 1 aromatic rings. The summed E-state index contributed by atoms with van der Waals surface area (Å²) in [6.45, 7) is 7.37. The minimum absolute atomic E-state index is 0.156. The molecule has 1 atom stereocenters. The second-order valence-corrected chi connectivity index (χ2v) is 7.05. The van der Waals surface area contributed by atoms with Crippen LogP contribution in [-0.4, -0.2) is 22.2 Å². The van der Waals surface area contributed by atoms with E-state index in [1.54, 1.807) is 6.08 Å². The van der Waals surface area contributed by atoms with E-state index in [0.717, 1.165) is 43.4 Å². The van der Waals surface area contributed by atoms with Crippen LogP contribution in [0.2, 0.25) is 0 Å². The van der Waals surface area contributed by atoms with Crippen LogP contribution in [0.15, 0.2) is 36.4 Å². The lowest BCUT2D eigenvalue weighted by molar-refractivity contribution is 0.427. The SMILES string of the molecule is C=CC.CSCCCc1cc(O)c(C2C=C(C)CCC2)c(O)c1. The summed E-state index contributed by atoms with van der Waals surface area (Å²) in [4.78, 5) is 0. The van der Waals surface area contributed by atoms with Crippen LogP contribution < -0.4 is 0 Å². The van der Waals surface area contributed by atoms with E-state index in [4.69, 9.17) is 0 Å². The van der Waals surface area contributed by atoms with Gasteiger partial charge in [0, 0.05) is 11.5 Å². The van der Waals surface area contributed by atoms with Crippen molar-refractivity contribution >= 4 is 11.8 Å². The van der Waals surface area contributed by atoms with Gasteiger partial charge in [0.15, 0.2) is 0 Å². The Hall–Kier alpha value is -1.35. The summed E-state index contributed by atoms with van der Waals surface area (Å²) in [6, 6.07) is 3.65. The van der Waals surface area contributed by atoms with Crippen LogP contribution in [0.4, 0.5) is 0 Å². The molecule has 1 aliphatic carbocycles. The Kier molecular flexibility index (Phi) is 8.93. The van der Waals surface area contributed by atoms with Gasteiger partial charge in [-0.1, -0.05) is 17.7 Å². The molecule has 1 aliphatic rings. The first-order valence-electron chi connectivity index (χ1n) is 8.31. The minimum atomic E-state index is 0.156. The molecule has 23 heavy (non-hydrogen) atoms. The molecule has 0 fully saturated rings. The number of thioether (sulfide) groups is 1. The molecule has 0 aliphatic heterocycles. The van der Waals surface area contributed by atoms with Crippen molar-refractivity contribution in [3.05, 3.63) is 47.6 Å². The number of aromatic hydroxyl groups is 2. The van der Waals surface area contributed by atoms with E-state index in [1.165, 1.54) is 5.57 Å². The fourth-order valence-corrected chi connectivity index (χ4v) is 3.40. The average Bonchev–Trinajstić information content (AvgIpc) is 2.48. The largest absolute Gasteiger partial charge is 0.507 e. The van der Waals surface area contributed by atoms with Crippen LogP contribution in [0.1, 0.15) is 56.6 Å². The topological polar surface area (TPSA) is 40.5 Å². The van der Waals surface area contributed by atoms with Crippen molar-refractivity contribution in [1.82, 2.24) is 0 Å². The third kappa shape index (κ3) is 6.34. The quantitative estimate of drug-likeness (QED) is 0.528. The monoisotopic (exact) mass is 334 g/mol. The van der Waals surface area contributed by atoms with Crippen molar-refractivity contribution in [3.8, 4) is 11.5 Å². The number of benzene rings is 1. The first-order chi connectivity index (χ1) is 11.0. The van der Waals surface area contributed by atoms with Gasteiger partial charge in [0.05, 0.1) is 0 Å². The molecular formula is C20H30O2S. The number of phenolic OH excluding ortho intramolecular Hbond substituents is 2. The third-order valence-corrected chi connectivity index (χ3v) is 4.65. The zero-order chi connectivity index (χ0) is 17.2. The fraction of sp³-hybridized carbons (Fsp3) is 0.500. The Morgan fingerprint density at radius 2 is 1.91 bits per heavy atom. The summed E-state index contributed by atoms with van der Waals surface area (Å²) < 4.78 is 0. The van der Waals surface area contributed by atoms with Crippen molar-refractivity contribution in [2.24, 2.45) is 0 Å². The lowest BCUT2D eigenvalue weighted by Crippen LogP contribution is -2.03. The summed E-state index contributed by atoms with van der Waals surface area (Å²) in [5, 5.41) is 20.5. The summed E-state index contributed by atoms with van der Waals surface area (Å²) >= 11 is 1.82. The van der Waals surface area contributed by atoms with E-state index in [-0.39, 0.29) is 17.4 Å². The summed E-state index contributed by atoms with van der Waals surface area (Å²) in [5.74, 6) is 1.76. The number of hydrogen-bond acceptors (Lipinski definition) is 3. The van der Waals surface area contributed by atoms with Crippen LogP contribution in [0, 0.1) is 0 Å². The van der Waals surface area contributed by atoms with Gasteiger partial charge in [-0.3, -0.25) is 0 Å².